The van der Waals surface area contributed by atoms with Crippen LogP contribution in [0.2, 0.25) is 0 Å². The second kappa shape index (κ2) is 10.0. The van der Waals surface area contributed by atoms with Crippen LogP contribution in [0.4, 0.5) is 0 Å². The van der Waals surface area contributed by atoms with E-state index in [1.54, 1.807) is 19.9 Å². The fraction of sp³-hybridized carbons (Fsp3) is 0.750. The Bertz CT molecular complexity index is 619. The summed E-state index contributed by atoms with van der Waals surface area (Å²) in [7, 11) is -4.98. The van der Waals surface area contributed by atoms with Crippen molar-refractivity contribution in [2.45, 2.75) is 63.0 Å². The first-order valence-corrected chi connectivity index (χ1v) is 9.69. The Morgan fingerprint density at radius 2 is 1.93 bits per heavy atom. The molecule has 0 radical (unpaired) electrons. The highest BCUT2D eigenvalue weighted by atomic mass is 32.3. The molecule has 1 rings (SSSR count). The molecule has 1 fully saturated rings. The largest absolute Gasteiger partial charge is 0.397 e. The van der Waals surface area contributed by atoms with E-state index in [-0.39, 0.29) is 6.61 Å². The summed E-state index contributed by atoms with van der Waals surface area (Å²) >= 11 is 0. The van der Waals surface area contributed by atoms with Gasteiger partial charge in [0.05, 0.1) is 18.8 Å². The van der Waals surface area contributed by atoms with E-state index in [0.29, 0.717) is 12.8 Å². The summed E-state index contributed by atoms with van der Waals surface area (Å²) < 4.78 is 46.2. The Morgan fingerprint density at radius 1 is 1.30 bits per heavy atom. The van der Waals surface area contributed by atoms with Gasteiger partial charge in [-0.1, -0.05) is 17.7 Å². The molecule has 6 unspecified atom stereocenters. The Balaban J connectivity index is 2.95. The number of ether oxygens (including phenoxy) is 2. The maximum Gasteiger partial charge on any atom is 0.397 e. The molecule has 1 heterocycles. The first kappa shape index (κ1) is 24.1. The summed E-state index contributed by atoms with van der Waals surface area (Å²) in [5.74, 6) is 0. The third kappa shape index (κ3) is 7.22. The third-order valence-electron chi connectivity index (χ3n) is 4.25. The number of allylic oxidation sites excluding steroid dienone is 1. The van der Waals surface area contributed by atoms with Crippen molar-refractivity contribution >= 4 is 10.4 Å². The predicted octanol–water partition coefficient (Wildman–Crippen LogP) is -0.706. The monoisotopic (exact) mass is 412 g/mol. The highest BCUT2D eigenvalue weighted by Crippen LogP contribution is 2.30. The van der Waals surface area contributed by atoms with Gasteiger partial charge in [-0.3, -0.25) is 4.55 Å². The Hall–Kier alpha value is -0.890. The minimum Gasteiger partial charge on any atom is -0.394 e. The van der Waals surface area contributed by atoms with Crippen LogP contribution >= 0.6 is 0 Å². The zero-order chi connectivity index (χ0) is 20.8. The highest BCUT2D eigenvalue weighted by molar-refractivity contribution is 7.80. The van der Waals surface area contributed by atoms with Crippen molar-refractivity contribution < 1.29 is 47.1 Å². The van der Waals surface area contributed by atoms with Gasteiger partial charge in [0.2, 0.25) is 0 Å². The van der Waals surface area contributed by atoms with Crippen LogP contribution in [0, 0.1) is 0 Å². The smallest absolute Gasteiger partial charge is 0.394 e. The van der Waals surface area contributed by atoms with Crippen molar-refractivity contribution in [3.05, 3.63) is 24.3 Å². The van der Waals surface area contributed by atoms with E-state index in [9.17, 15) is 23.7 Å². The first-order valence-electron chi connectivity index (χ1n) is 8.32. The number of hydrogen-bond acceptors (Lipinski definition) is 9. The van der Waals surface area contributed by atoms with E-state index in [2.05, 4.69) is 10.8 Å². The molecule has 1 aliphatic rings. The molecule has 158 valence electrons. The summed E-state index contributed by atoms with van der Waals surface area (Å²) in [6, 6.07) is 0. The van der Waals surface area contributed by atoms with E-state index in [1.165, 1.54) is 6.08 Å². The van der Waals surface area contributed by atoms with Crippen LogP contribution < -0.4 is 0 Å². The molecule has 0 bridgehead atoms. The quantitative estimate of drug-likeness (QED) is 0.229. The zero-order valence-electron chi connectivity index (χ0n) is 15.3. The highest BCUT2D eigenvalue weighted by Gasteiger charge is 2.49. The minimum absolute atomic E-state index is 0.0825. The van der Waals surface area contributed by atoms with Crippen LogP contribution in [0.25, 0.3) is 0 Å². The van der Waals surface area contributed by atoms with Crippen molar-refractivity contribution in [2.24, 2.45) is 0 Å². The van der Waals surface area contributed by atoms with Gasteiger partial charge in [0.25, 0.3) is 0 Å². The minimum atomic E-state index is -4.98. The SMILES string of the molecule is C=CC(C)(CCC=C(C)CO)OC1OC(CO)C(O)C(OS(=O)(=O)O)C1O. The average molecular weight is 412 g/mol. The van der Waals surface area contributed by atoms with E-state index in [0.717, 1.165) is 5.57 Å². The summed E-state index contributed by atoms with van der Waals surface area (Å²) in [5.41, 5.74) is -0.261. The summed E-state index contributed by atoms with van der Waals surface area (Å²) in [5, 5.41) is 38.7. The summed E-state index contributed by atoms with van der Waals surface area (Å²) in [4.78, 5) is 0. The van der Waals surface area contributed by atoms with Crippen LogP contribution in [-0.2, 0) is 24.1 Å². The molecule has 1 saturated heterocycles. The van der Waals surface area contributed by atoms with Crippen LogP contribution in [0.5, 0.6) is 0 Å². The van der Waals surface area contributed by atoms with E-state index in [1.807, 2.05) is 0 Å². The molecule has 0 aromatic carbocycles. The Kier molecular flexibility index (Phi) is 8.99. The molecule has 11 heteroatoms. The normalized spacial score (nSPS) is 32.1. The van der Waals surface area contributed by atoms with Crippen LogP contribution in [-0.4, -0.2) is 82.9 Å². The van der Waals surface area contributed by atoms with Crippen molar-refractivity contribution in [1.29, 1.82) is 0 Å². The van der Waals surface area contributed by atoms with Crippen molar-refractivity contribution in [2.75, 3.05) is 13.2 Å². The lowest BCUT2D eigenvalue weighted by Gasteiger charge is -2.43. The van der Waals surface area contributed by atoms with Gasteiger partial charge in [0, 0.05) is 0 Å². The molecule has 0 saturated carbocycles. The predicted molar refractivity (Wildman–Crippen MR) is 93.9 cm³/mol. The number of aliphatic hydroxyl groups is 4. The molecule has 10 nitrogen and oxygen atoms in total. The van der Waals surface area contributed by atoms with Crippen LogP contribution in [0.1, 0.15) is 26.7 Å². The van der Waals surface area contributed by atoms with Gasteiger partial charge in [0.1, 0.15) is 24.4 Å². The van der Waals surface area contributed by atoms with E-state index >= 15 is 0 Å². The van der Waals surface area contributed by atoms with Gasteiger partial charge in [-0.05, 0) is 26.7 Å². The first-order chi connectivity index (χ1) is 12.5. The topological polar surface area (TPSA) is 163 Å². The molecule has 6 atom stereocenters. The number of aliphatic hydroxyl groups excluding tert-OH is 4. The molecule has 0 amide bonds. The van der Waals surface area contributed by atoms with Gasteiger partial charge in [0.15, 0.2) is 6.29 Å². The van der Waals surface area contributed by atoms with Gasteiger partial charge < -0.3 is 29.9 Å². The van der Waals surface area contributed by atoms with Gasteiger partial charge in [-0.2, -0.15) is 8.42 Å². The Labute approximate surface area is 158 Å². The molecule has 0 aromatic rings. The fourth-order valence-corrected chi connectivity index (χ4v) is 3.06. The van der Waals surface area contributed by atoms with Crippen molar-refractivity contribution in [1.82, 2.24) is 0 Å². The molecule has 0 spiro atoms. The fourth-order valence-electron chi connectivity index (χ4n) is 2.55. The number of rotatable bonds is 10. The van der Waals surface area contributed by atoms with Gasteiger partial charge >= 0.3 is 10.4 Å². The lowest BCUT2D eigenvalue weighted by molar-refractivity contribution is -0.316. The molecule has 1 aliphatic heterocycles. The van der Waals surface area contributed by atoms with Gasteiger partial charge in [-0.15, -0.1) is 6.58 Å². The van der Waals surface area contributed by atoms with Crippen molar-refractivity contribution in [3.8, 4) is 0 Å². The van der Waals surface area contributed by atoms with Crippen LogP contribution in [0.15, 0.2) is 24.3 Å². The van der Waals surface area contributed by atoms with Gasteiger partial charge in [-0.25, -0.2) is 4.18 Å². The summed E-state index contributed by atoms with van der Waals surface area (Å²) in [6.07, 6.45) is -3.93. The molecule has 5 N–H and O–H groups in total. The standard InChI is InChI=1S/C16H28O10S/c1-4-16(3,7-5-6-10(2)8-17)25-15-13(20)14(26-27(21,22)23)12(19)11(9-18)24-15/h4,6,11-15,17-20H,1,5,7-9H2,2-3H3,(H,21,22,23). The lowest BCUT2D eigenvalue weighted by atomic mass is 9.96. The zero-order valence-corrected chi connectivity index (χ0v) is 16.1. The molecule has 0 aliphatic carbocycles. The molecular formula is C16H28O10S. The maximum atomic E-state index is 11.0. The Morgan fingerprint density at radius 3 is 2.41 bits per heavy atom. The maximum absolute atomic E-state index is 11.0. The van der Waals surface area contributed by atoms with Crippen LogP contribution in [0.3, 0.4) is 0 Å². The van der Waals surface area contributed by atoms with Crippen molar-refractivity contribution in [3.63, 3.8) is 0 Å². The summed E-state index contributed by atoms with van der Waals surface area (Å²) in [6.45, 7) is 6.29. The van der Waals surface area contributed by atoms with E-state index < -0.39 is 53.3 Å². The second-order valence-corrected chi connectivity index (χ2v) is 7.63. The molecule has 27 heavy (non-hydrogen) atoms. The second-order valence-electron chi connectivity index (χ2n) is 6.58. The molecular weight excluding hydrogens is 384 g/mol. The third-order valence-corrected chi connectivity index (χ3v) is 4.72. The average Bonchev–Trinajstić information content (AvgIpc) is 2.60. The number of hydrogen-bond donors (Lipinski definition) is 5. The van der Waals surface area contributed by atoms with E-state index in [4.69, 9.17) is 19.1 Å². The lowest BCUT2D eigenvalue weighted by Crippen LogP contribution is -2.61. The molecule has 0 aromatic heterocycles.